The molecule has 3 rings (SSSR count). The lowest BCUT2D eigenvalue weighted by Crippen LogP contribution is -2.28. The number of hydrogen-bond donors (Lipinski definition) is 2. The van der Waals surface area contributed by atoms with Crippen molar-refractivity contribution in [3.63, 3.8) is 0 Å². The van der Waals surface area contributed by atoms with Gasteiger partial charge in [-0.15, -0.1) is 22.7 Å². The molecule has 2 N–H and O–H groups in total. The normalized spacial score (nSPS) is 10.5. The summed E-state index contributed by atoms with van der Waals surface area (Å²) in [6, 6.07) is 3.30. The van der Waals surface area contributed by atoms with Crippen LogP contribution in [0.25, 0.3) is 0 Å². The van der Waals surface area contributed by atoms with Gasteiger partial charge < -0.3 is 10.2 Å². The van der Waals surface area contributed by atoms with E-state index >= 15 is 0 Å². The molecule has 0 radical (unpaired) electrons. The van der Waals surface area contributed by atoms with Crippen LogP contribution in [-0.2, 0) is 13.1 Å². The lowest BCUT2D eigenvalue weighted by Gasteiger charge is -2.16. The zero-order valence-electron chi connectivity index (χ0n) is 15.1. The molecule has 0 fully saturated rings. The zero-order chi connectivity index (χ0) is 20.1. The molecule has 0 aromatic carbocycles. The fourth-order valence-electron chi connectivity index (χ4n) is 2.32. The number of urea groups is 1. The van der Waals surface area contributed by atoms with E-state index in [1.165, 1.54) is 28.9 Å². The SMILES string of the molecule is Cc1cnncc1C(=O)N(C)Cc1csc(NC(=O)NCc2ccc(Cl)s2)n1. The molecule has 3 aromatic rings. The molecule has 0 aliphatic rings. The van der Waals surface area contributed by atoms with Gasteiger partial charge in [-0.05, 0) is 24.6 Å². The topological polar surface area (TPSA) is 100 Å². The van der Waals surface area contributed by atoms with Crippen LogP contribution in [0, 0.1) is 6.92 Å². The summed E-state index contributed by atoms with van der Waals surface area (Å²) in [4.78, 5) is 31.4. The highest BCUT2D eigenvalue weighted by Gasteiger charge is 2.16. The third-order valence-electron chi connectivity index (χ3n) is 3.73. The number of nitrogens with one attached hydrogen (secondary N) is 2. The van der Waals surface area contributed by atoms with Crippen LogP contribution in [0.4, 0.5) is 9.93 Å². The molecule has 3 aromatic heterocycles. The molecular weight excluding hydrogens is 420 g/mol. The Bertz CT molecular complexity index is 989. The number of anilines is 1. The average molecular weight is 437 g/mol. The van der Waals surface area contributed by atoms with Crippen LogP contribution in [0.1, 0.15) is 26.5 Å². The molecule has 0 unspecified atom stereocenters. The molecule has 3 amide bonds. The third-order valence-corrected chi connectivity index (χ3v) is 5.77. The van der Waals surface area contributed by atoms with Crippen LogP contribution in [-0.4, -0.2) is 39.1 Å². The lowest BCUT2D eigenvalue weighted by molar-refractivity contribution is 0.0782. The molecule has 11 heteroatoms. The van der Waals surface area contributed by atoms with Crippen LogP contribution in [0.15, 0.2) is 29.9 Å². The number of hydrogen-bond acceptors (Lipinski definition) is 7. The van der Waals surface area contributed by atoms with E-state index in [1.54, 1.807) is 29.6 Å². The summed E-state index contributed by atoms with van der Waals surface area (Å²) < 4.78 is 0.679. The Labute approximate surface area is 174 Å². The van der Waals surface area contributed by atoms with Gasteiger partial charge >= 0.3 is 6.03 Å². The van der Waals surface area contributed by atoms with Crippen molar-refractivity contribution >= 4 is 51.3 Å². The number of halogens is 1. The molecule has 8 nitrogen and oxygen atoms in total. The van der Waals surface area contributed by atoms with Gasteiger partial charge in [0.15, 0.2) is 5.13 Å². The fourth-order valence-corrected chi connectivity index (χ4v) is 4.04. The van der Waals surface area contributed by atoms with Gasteiger partial charge in [0.25, 0.3) is 5.91 Å². The van der Waals surface area contributed by atoms with E-state index in [0.717, 1.165) is 10.4 Å². The van der Waals surface area contributed by atoms with Crippen molar-refractivity contribution < 1.29 is 9.59 Å². The number of thiazole rings is 1. The molecule has 0 spiro atoms. The van der Waals surface area contributed by atoms with Crippen molar-refractivity contribution in [2.75, 3.05) is 12.4 Å². The van der Waals surface area contributed by atoms with E-state index in [0.29, 0.717) is 33.8 Å². The molecule has 28 heavy (non-hydrogen) atoms. The Balaban J connectivity index is 1.52. The molecule has 3 heterocycles. The van der Waals surface area contributed by atoms with Crippen molar-refractivity contribution in [1.82, 2.24) is 25.4 Å². The Hall–Kier alpha value is -2.56. The minimum absolute atomic E-state index is 0.165. The molecule has 0 saturated carbocycles. The highest BCUT2D eigenvalue weighted by molar-refractivity contribution is 7.16. The van der Waals surface area contributed by atoms with E-state index in [2.05, 4.69) is 25.8 Å². The first-order valence-corrected chi connectivity index (χ1v) is 10.3. The number of thiophene rings is 1. The number of aromatic nitrogens is 3. The molecule has 0 atom stereocenters. The average Bonchev–Trinajstić information content (AvgIpc) is 3.28. The predicted molar refractivity (Wildman–Crippen MR) is 110 cm³/mol. The van der Waals surface area contributed by atoms with E-state index in [1.807, 2.05) is 13.0 Å². The number of rotatable bonds is 6. The minimum atomic E-state index is -0.353. The van der Waals surface area contributed by atoms with Crippen molar-refractivity contribution in [3.8, 4) is 0 Å². The lowest BCUT2D eigenvalue weighted by atomic mass is 10.1. The summed E-state index contributed by atoms with van der Waals surface area (Å²) in [6.45, 7) is 2.51. The summed E-state index contributed by atoms with van der Waals surface area (Å²) >= 11 is 8.57. The highest BCUT2D eigenvalue weighted by atomic mass is 35.5. The Kier molecular flexibility index (Phi) is 6.55. The van der Waals surface area contributed by atoms with Gasteiger partial charge in [-0.3, -0.25) is 10.1 Å². The summed E-state index contributed by atoms with van der Waals surface area (Å²) in [5, 5.41) is 15.2. The summed E-state index contributed by atoms with van der Waals surface area (Å²) in [7, 11) is 1.69. The summed E-state index contributed by atoms with van der Waals surface area (Å²) in [5.74, 6) is -0.165. The fraction of sp³-hybridized carbons (Fsp3) is 0.235. The van der Waals surface area contributed by atoms with Crippen LogP contribution >= 0.6 is 34.3 Å². The van der Waals surface area contributed by atoms with Crippen LogP contribution in [0.5, 0.6) is 0 Å². The first kappa shape index (κ1) is 20.2. The Morgan fingerprint density at radius 3 is 2.75 bits per heavy atom. The second-order valence-electron chi connectivity index (χ2n) is 5.90. The second-order valence-corrected chi connectivity index (χ2v) is 8.56. The monoisotopic (exact) mass is 436 g/mol. The Morgan fingerprint density at radius 2 is 2.04 bits per heavy atom. The molecule has 146 valence electrons. The van der Waals surface area contributed by atoms with E-state index in [9.17, 15) is 9.59 Å². The van der Waals surface area contributed by atoms with Gasteiger partial charge in [0.2, 0.25) is 0 Å². The standard InChI is InChI=1S/C17H17ClN6O2S2/c1-10-5-20-21-7-13(10)15(25)24(2)8-11-9-27-17(22-11)23-16(26)19-6-12-3-4-14(18)28-12/h3-5,7,9H,6,8H2,1-2H3,(H2,19,22,23,26). The van der Waals surface area contributed by atoms with Gasteiger partial charge in [0.05, 0.1) is 41.1 Å². The van der Waals surface area contributed by atoms with Gasteiger partial charge in [0, 0.05) is 17.3 Å². The predicted octanol–water partition coefficient (Wildman–Crippen LogP) is 3.55. The van der Waals surface area contributed by atoms with Crippen LogP contribution in [0.2, 0.25) is 4.34 Å². The number of aryl methyl sites for hydroxylation is 1. The van der Waals surface area contributed by atoms with Crippen molar-refractivity contribution in [2.24, 2.45) is 0 Å². The molecule has 0 bridgehead atoms. The highest BCUT2D eigenvalue weighted by Crippen LogP contribution is 2.21. The smallest absolute Gasteiger partial charge is 0.321 e. The third kappa shape index (κ3) is 5.24. The molecular formula is C17H17ClN6O2S2. The quantitative estimate of drug-likeness (QED) is 0.615. The summed E-state index contributed by atoms with van der Waals surface area (Å²) in [5.41, 5.74) is 1.94. The first-order valence-electron chi connectivity index (χ1n) is 8.18. The summed E-state index contributed by atoms with van der Waals surface area (Å²) in [6.07, 6.45) is 3.00. The van der Waals surface area contributed by atoms with Crippen molar-refractivity contribution in [1.29, 1.82) is 0 Å². The molecule has 0 aliphatic carbocycles. The number of nitrogens with zero attached hydrogens (tertiary/aromatic N) is 4. The van der Waals surface area contributed by atoms with Gasteiger partial charge in [-0.1, -0.05) is 11.6 Å². The maximum Gasteiger partial charge on any atom is 0.321 e. The number of amides is 3. The zero-order valence-corrected chi connectivity index (χ0v) is 17.5. The van der Waals surface area contributed by atoms with Crippen LogP contribution < -0.4 is 10.6 Å². The van der Waals surface area contributed by atoms with E-state index in [4.69, 9.17) is 11.6 Å². The van der Waals surface area contributed by atoms with Gasteiger partial charge in [-0.25, -0.2) is 9.78 Å². The molecule has 0 saturated heterocycles. The number of carbonyl (C=O) groups is 2. The van der Waals surface area contributed by atoms with Crippen LogP contribution in [0.3, 0.4) is 0 Å². The minimum Gasteiger partial charge on any atom is -0.336 e. The first-order chi connectivity index (χ1) is 13.4. The second kappa shape index (κ2) is 9.09. The van der Waals surface area contributed by atoms with Crippen molar-refractivity contribution in [3.05, 3.63) is 55.9 Å². The van der Waals surface area contributed by atoms with Crippen molar-refractivity contribution in [2.45, 2.75) is 20.0 Å². The van der Waals surface area contributed by atoms with Gasteiger partial charge in [0.1, 0.15) is 0 Å². The van der Waals surface area contributed by atoms with E-state index in [-0.39, 0.29) is 11.9 Å². The maximum atomic E-state index is 12.5. The Morgan fingerprint density at radius 1 is 1.25 bits per heavy atom. The number of carbonyl (C=O) groups excluding carboxylic acids is 2. The largest absolute Gasteiger partial charge is 0.336 e. The maximum absolute atomic E-state index is 12.5. The van der Waals surface area contributed by atoms with E-state index < -0.39 is 0 Å². The molecule has 0 aliphatic heterocycles. The van der Waals surface area contributed by atoms with Gasteiger partial charge in [-0.2, -0.15) is 10.2 Å².